The van der Waals surface area contributed by atoms with Gasteiger partial charge in [0, 0.05) is 12.6 Å². The fraction of sp³-hybridized carbons (Fsp3) is 0.933. The van der Waals surface area contributed by atoms with Gasteiger partial charge in [-0.25, -0.2) is 0 Å². The summed E-state index contributed by atoms with van der Waals surface area (Å²) in [4.78, 5) is 14.4. The molecule has 1 unspecified atom stereocenters. The lowest BCUT2D eigenvalue weighted by atomic mass is 9.99. The van der Waals surface area contributed by atoms with E-state index >= 15 is 0 Å². The Morgan fingerprint density at radius 1 is 1.32 bits per heavy atom. The summed E-state index contributed by atoms with van der Waals surface area (Å²) in [5.74, 6) is 0.788. The number of carbonyl (C=O) groups excluding carboxylic acids is 1. The van der Waals surface area contributed by atoms with Crippen molar-refractivity contribution in [2.45, 2.75) is 58.1 Å². The number of nitrogens with one attached hydrogen (secondary N) is 1. The summed E-state index contributed by atoms with van der Waals surface area (Å²) in [7, 11) is 0. The van der Waals surface area contributed by atoms with E-state index in [1.54, 1.807) is 0 Å². The van der Waals surface area contributed by atoms with Crippen molar-refractivity contribution in [3.8, 4) is 0 Å². The summed E-state index contributed by atoms with van der Waals surface area (Å²) in [6.07, 6.45) is 4.81. The number of nitrogens with zero attached hydrogens (tertiary/aromatic N) is 1. The Kier molecular flexibility index (Phi) is 4.85. The predicted octanol–water partition coefficient (Wildman–Crippen LogP) is 1.79. The molecule has 1 saturated carbocycles. The molecule has 0 aromatic rings. The Morgan fingerprint density at radius 3 is 2.58 bits per heavy atom. The van der Waals surface area contributed by atoms with Gasteiger partial charge >= 0.3 is 0 Å². The van der Waals surface area contributed by atoms with E-state index in [1.807, 2.05) is 20.8 Å². The lowest BCUT2D eigenvalue weighted by Crippen LogP contribution is -2.44. The van der Waals surface area contributed by atoms with E-state index in [4.69, 9.17) is 4.74 Å². The minimum atomic E-state index is -0.239. The van der Waals surface area contributed by atoms with Crippen molar-refractivity contribution in [2.75, 3.05) is 26.2 Å². The smallest absolute Gasteiger partial charge is 0.248 e. The molecule has 2 aliphatic rings. The van der Waals surface area contributed by atoms with Gasteiger partial charge in [0.25, 0.3) is 0 Å². The van der Waals surface area contributed by atoms with E-state index in [-0.39, 0.29) is 18.1 Å². The molecule has 0 aromatic carbocycles. The van der Waals surface area contributed by atoms with Gasteiger partial charge < -0.3 is 15.0 Å². The van der Waals surface area contributed by atoms with Crippen LogP contribution < -0.4 is 5.32 Å². The summed E-state index contributed by atoms with van der Waals surface area (Å²) in [6.45, 7) is 9.29. The Bertz CT molecular complexity index is 302. The lowest BCUT2D eigenvalue weighted by molar-refractivity contribution is -0.142. The fourth-order valence-electron chi connectivity index (χ4n) is 2.56. The van der Waals surface area contributed by atoms with Gasteiger partial charge in [0.1, 0.15) is 6.61 Å². The first kappa shape index (κ1) is 14.8. The molecule has 1 amide bonds. The van der Waals surface area contributed by atoms with Crippen LogP contribution in [0.2, 0.25) is 0 Å². The molecule has 4 nitrogen and oxygen atoms in total. The van der Waals surface area contributed by atoms with E-state index in [9.17, 15) is 4.79 Å². The maximum absolute atomic E-state index is 12.3. The third-order valence-electron chi connectivity index (χ3n) is 3.79. The van der Waals surface area contributed by atoms with Crippen LogP contribution in [0.4, 0.5) is 0 Å². The van der Waals surface area contributed by atoms with Crippen LogP contribution in [0.25, 0.3) is 0 Å². The molecule has 19 heavy (non-hydrogen) atoms. The molecule has 1 atom stereocenters. The zero-order chi connectivity index (χ0) is 13.9. The second-order valence-corrected chi connectivity index (χ2v) is 6.89. The fourth-order valence-corrected chi connectivity index (χ4v) is 2.56. The van der Waals surface area contributed by atoms with Crippen LogP contribution in [0, 0.1) is 5.92 Å². The average Bonchev–Trinajstić information content (AvgIpc) is 3.18. The average molecular weight is 268 g/mol. The van der Waals surface area contributed by atoms with E-state index in [2.05, 4.69) is 10.2 Å². The van der Waals surface area contributed by atoms with Gasteiger partial charge in [-0.1, -0.05) is 0 Å². The van der Waals surface area contributed by atoms with Crippen molar-refractivity contribution in [3.63, 3.8) is 0 Å². The van der Waals surface area contributed by atoms with Crippen LogP contribution in [0.3, 0.4) is 0 Å². The second-order valence-electron chi connectivity index (χ2n) is 6.89. The molecular weight excluding hydrogens is 240 g/mol. The monoisotopic (exact) mass is 268 g/mol. The van der Waals surface area contributed by atoms with Gasteiger partial charge in [0.2, 0.25) is 5.91 Å². The van der Waals surface area contributed by atoms with Crippen LogP contribution in [-0.2, 0) is 9.53 Å². The third-order valence-corrected chi connectivity index (χ3v) is 3.79. The van der Waals surface area contributed by atoms with Gasteiger partial charge in [0.15, 0.2) is 0 Å². The molecule has 4 heteroatoms. The molecule has 0 radical (unpaired) electrons. The van der Waals surface area contributed by atoms with Gasteiger partial charge in [-0.3, -0.25) is 4.79 Å². The van der Waals surface area contributed by atoms with Crippen molar-refractivity contribution in [1.29, 1.82) is 0 Å². The normalized spacial score (nSPS) is 24.3. The number of rotatable bonds is 5. The van der Waals surface area contributed by atoms with E-state index < -0.39 is 0 Å². The molecule has 1 aliphatic carbocycles. The first-order valence-electron chi connectivity index (χ1n) is 7.60. The Labute approximate surface area is 116 Å². The number of piperidine rings is 1. The SMILES string of the molecule is CC(C)(C)OCC(=O)N(CC1CCCNC1)C1CC1. The molecule has 1 aliphatic heterocycles. The van der Waals surface area contributed by atoms with Crippen molar-refractivity contribution in [3.05, 3.63) is 0 Å². The molecule has 110 valence electrons. The maximum atomic E-state index is 12.3. The van der Waals surface area contributed by atoms with E-state index in [0.29, 0.717) is 12.0 Å². The minimum Gasteiger partial charge on any atom is -0.366 e. The maximum Gasteiger partial charge on any atom is 0.248 e. The Balaban J connectivity index is 1.82. The summed E-state index contributed by atoms with van der Waals surface area (Å²) < 4.78 is 5.63. The van der Waals surface area contributed by atoms with Gasteiger partial charge in [-0.05, 0) is 65.5 Å². The van der Waals surface area contributed by atoms with Crippen molar-refractivity contribution < 1.29 is 9.53 Å². The molecule has 2 fully saturated rings. The van der Waals surface area contributed by atoms with Crippen LogP contribution in [0.15, 0.2) is 0 Å². The molecule has 2 rings (SSSR count). The highest BCUT2D eigenvalue weighted by Crippen LogP contribution is 2.29. The zero-order valence-corrected chi connectivity index (χ0v) is 12.6. The highest BCUT2D eigenvalue weighted by atomic mass is 16.5. The standard InChI is InChI=1S/C15H28N2O2/c1-15(2,3)19-11-14(18)17(13-6-7-13)10-12-5-4-8-16-9-12/h12-13,16H,4-11H2,1-3H3. The van der Waals surface area contributed by atoms with Gasteiger partial charge in [0.05, 0.1) is 5.60 Å². The summed E-state index contributed by atoms with van der Waals surface area (Å²) >= 11 is 0. The van der Waals surface area contributed by atoms with Gasteiger partial charge in [-0.15, -0.1) is 0 Å². The summed E-state index contributed by atoms with van der Waals surface area (Å²) in [6, 6.07) is 0.484. The minimum absolute atomic E-state index is 0.169. The molecule has 0 aromatic heterocycles. The van der Waals surface area contributed by atoms with Crippen LogP contribution in [0.1, 0.15) is 46.5 Å². The highest BCUT2D eigenvalue weighted by Gasteiger charge is 2.34. The number of amides is 1. The quantitative estimate of drug-likeness (QED) is 0.826. The number of ether oxygens (including phenoxy) is 1. The van der Waals surface area contributed by atoms with Crippen molar-refractivity contribution in [2.24, 2.45) is 5.92 Å². The lowest BCUT2D eigenvalue weighted by Gasteiger charge is -2.31. The van der Waals surface area contributed by atoms with Gasteiger partial charge in [-0.2, -0.15) is 0 Å². The molecule has 1 N–H and O–H groups in total. The molecular formula is C15H28N2O2. The number of hydrogen-bond donors (Lipinski definition) is 1. The topological polar surface area (TPSA) is 41.6 Å². The molecule has 1 heterocycles. The van der Waals surface area contributed by atoms with Crippen LogP contribution in [-0.4, -0.2) is 48.7 Å². The predicted molar refractivity (Wildman–Crippen MR) is 76.0 cm³/mol. The molecule has 0 bridgehead atoms. The molecule has 1 saturated heterocycles. The first-order valence-corrected chi connectivity index (χ1v) is 7.60. The third kappa shape index (κ3) is 5.11. The number of carbonyl (C=O) groups is 1. The highest BCUT2D eigenvalue weighted by molar-refractivity contribution is 5.78. The van der Waals surface area contributed by atoms with E-state index in [1.165, 1.54) is 25.7 Å². The Hall–Kier alpha value is -0.610. The van der Waals surface area contributed by atoms with Crippen molar-refractivity contribution >= 4 is 5.91 Å². The van der Waals surface area contributed by atoms with Crippen molar-refractivity contribution in [1.82, 2.24) is 10.2 Å². The summed E-state index contributed by atoms with van der Waals surface area (Å²) in [5.41, 5.74) is -0.239. The van der Waals surface area contributed by atoms with Crippen LogP contribution >= 0.6 is 0 Å². The Morgan fingerprint density at radius 2 is 2.05 bits per heavy atom. The zero-order valence-electron chi connectivity index (χ0n) is 12.6. The second kappa shape index (κ2) is 6.23. The van der Waals surface area contributed by atoms with Crippen LogP contribution in [0.5, 0.6) is 0 Å². The molecule has 0 spiro atoms. The summed E-state index contributed by atoms with van der Waals surface area (Å²) in [5, 5.41) is 3.43. The first-order chi connectivity index (χ1) is 8.96. The number of hydrogen-bond acceptors (Lipinski definition) is 3. The van der Waals surface area contributed by atoms with E-state index in [0.717, 1.165) is 19.6 Å². The largest absolute Gasteiger partial charge is 0.366 e.